The minimum Gasteiger partial charge on any atom is -0.356 e. The highest BCUT2D eigenvalue weighted by molar-refractivity contribution is 8.00. The maximum atomic E-state index is 4.47. The SMILES string of the molecule is CN=C(NCCc1csc(C)n1)NCC(C)Sc1ccccc1. The Balaban J connectivity index is 1.68. The van der Waals surface area contributed by atoms with Crippen LogP contribution in [0.4, 0.5) is 0 Å². The van der Waals surface area contributed by atoms with Crippen LogP contribution in [0, 0.1) is 6.92 Å². The van der Waals surface area contributed by atoms with Gasteiger partial charge in [-0.2, -0.15) is 0 Å². The molecule has 0 saturated heterocycles. The zero-order valence-corrected chi connectivity index (χ0v) is 15.5. The van der Waals surface area contributed by atoms with Gasteiger partial charge in [0.1, 0.15) is 0 Å². The normalized spacial score (nSPS) is 12.9. The first-order chi connectivity index (χ1) is 11.2. The lowest BCUT2D eigenvalue weighted by molar-refractivity contribution is 0.774. The van der Waals surface area contributed by atoms with E-state index in [1.165, 1.54) is 4.90 Å². The monoisotopic (exact) mass is 348 g/mol. The van der Waals surface area contributed by atoms with Gasteiger partial charge in [-0.05, 0) is 19.1 Å². The third-order valence-electron chi connectivity index (χ3n) is 3.20. The molecule has 1 heterocycles. The summed E-state index contributed by atoms with van der Waals surface area (Å²) in [5.74, 6) is 0.845. The lowest BCUT2D eigenvalue weighted by atomic mass is 10.3. The van der Waals surface area contributed by atoms with Crippen LogP contribution < -0.4 is 10.6 Å². The van der Waals surface area contributed by atoms with Crippen LogP contribution in [0.25, 0.3) is 0 Å². The summed E-state index contributed by atoms with van der Waals surface area (Å²) in [6.45, 7) is 5.96. The summed E-state index contributed by atoms with van der Waals surface area (Å²) in [5.41, 5.74) is 1.14. The van der Waals surface area contributed by atoms with Crippen molar-refractivity contribution in [2.24, 2.45) is 4.99 Å². The lowest BCUT2D eigenvalue weighted by Crippen LogP contribution is -2.40. The fourth-order valence-corrected chi connectivity index (χ4v) is 3.66. The molecule has 0 fully saturated rings. The van der Waals surface area contributed by atoms with Crippen LogP contribution in [-0.4, -0.2) is 36.3 Å². The number of aliphatic imine (C=N–C) groups is 1. The van der Waals surface area contributed by atoms with Crippen LogP contribution in [0.1, 0.15) is 17.6 Å². The number of rotatable bonds is 7. The average molecular weight is 349 g/mol. The summed E-state index contributed by atoms with van der Waals surface area (Å²) in [7, 11) is 1.80. The van der Waals surface area contributed by atoms with Crippen LogP contribution in [-0.2, 0) is 6.42 Å². The van der Waals surface area contributed by atoms with Crippen molar-refractivity contribution in [3.8, 4) is 0 Å². The predicted octanol–water partition coefficient (Wildman–Crippen LogP) is 3.34. The van der Waals surface area contributed by atoms with Gasteiger partial charge in [-0.3, -0.25) is 4.99 Å². The lowest BCUT2D eigenvalue weighted by Gasteiger charge is -2.15. The van der Waals surface area contributed by atoms with Gasteiger partial charge < -0.3 is 10.6 Å². The quantitative estimate of drug-likeness (QED) is 0.458. The molecule has 4 nitrogen and oxygen atoms in total. The van der Waals surface area contributed by atoms with E-state index in [-0.39, 0.29) is 0 Å². The smallest absolute Gasteiger partial charge is 0.191 e. The molecule has 0 radical (unpaired) electrons. The highest BCUT2D eigenvalue weighted by atomic mass is 32.2. The van der Waals surface area contributed by atoms with E-state index in [2.05, 4.69) is 57.2 Å². The summed E-state index contributed by atoms with van der Waals surface area (Å²) in [6, 6.07) is 10.5. The number of aryl methyl sites for hydroxylation is 1. The number of thioether (sulfide) groups is 1. The Morgan fingerprint density at radius 3 is 2.74 bits per heavy atom. The average Bonchev–Trinajstić information content (AvgIpc) is 2.97. The van der Waals surface area contributed by atoms with E-state index in [1.54, 1.807) is 18.4 Å². The second-order valence-corrected chi connectivity index (χ2v) is 7.80. The number of aromatic nitrogens is 1. The van der Waals surface area contributed by atoms with Crippen molar-refractivity contribution in [1.82, 2.24) is 15.6 Å². The molecule has 2 rings (SSSR count). The molecule has 2 aromatic rings. The van der Waals surface area contributed by atoms with Crippen molar-refractivity contribution in [1.29, 1.82) is 0 Å². The van der Waals surface area contributed by atoms with Crippen molar-refractivity contribution in [3.05, 3.63) is 46.4 Å². The van der Waals surface area contributed by atoms with Gasteiger partial charge >= 0.3 is 0 Å². The van der Waals surface area contributed by atoms with Crippen LogP contribution in [0.5, 0.6) is 0 Å². The number of nitrogens with one attached hydrogen (secondary N) is 2. The third kappa shape index (κ3) is 6.62. The van der Waals surface area contributed by atoms with Crippen LogP contribution in [0.3, 0.4) is 0 Å². The second kappa shape index (κ2) is 9.57. The summed E-state index contributed by atoms with van der Waals surface area (Å²) in [4.78, 5) is 10.0. The Bertz CT molecular complexity index is 610. The summed E-state index contributed by atoms with van der Waals surface area (Å²) in [5, 5.41) is 10.4. The van der Waals surface area contributed by atoms with Crippen molar-refractivity contribution >= 4 is 29.1 Å². The Morgan fingerprint density at radius 1 is 1.30 bits per heavy atom. The summed E-state index contributed by atoms with van der Waals surface area (Å²) >= 11 is 3.56. The van der Waals surface area contributed by atoms with Crippen molar-refractivity contribution in [2.45, 2.75) is 30.4 Å². The van der Waals surface area contributed by atoms with Crippen LogP contribution >= 0.6 is 23.1 Å². The Labute approximate surface area is 146 Å². The number of benzene rings is 1. The molecule has 1 aromatic carbocycles. The molecule has 0 aliphatic carbocycles. The fourth-order valence-electron chi connectivity index (χ4n) is 2.07. The zero-order chi connectivity index (χ0) is 16.5. The first kappa shape index (κ1) is 17.8. The number of hydrogen-bond acceptors (Lipinski definition) is 4. The Hall–Kier alpha value is -1.53. The van der Waals surface area contributed by atoms with Crippen molar-refractivity contribution in [2.75, 3.05) is 20.1 Å². The minimum atomic E-state index is 0.470. The predicted molar refractivity (Wildman–Crippen MR) is 102 cm³/mol. The molecular weight excluding hydrogens is 324 g/mol. The molecule has 0 amide bonds. The molecule has 6 heteroatoms. The van der Waals surface area contributed by atoms with Gasteiger partial charge in [0.15, 0.2) is 5.96 Å². The van der Waals surface area contributed by atoms with E-state index in [0.717, 1.165) is 36.2 Å². The third-order valence-corrected chi connectivity index (χ3v) is 5.14. The van der Waals surface area contributed by atoms with E-state index >= 15 is 0 Å². The van der Waals surface area contributed by atoms with Crippen LogP contribution in [0.15, 0.2) is 45.6 Å². The van der Waals surface area contributed by atoms with Gasteiger partial charge in [-0.15, -0.1) is 23.1 Å². The van der Waals surface area contributed by atoms with E-state index in [1.807, 2.05) is 24.8 Å². The molecule has 0 aliphatic rings. The number of nitrogens with zero attached hydrogens (tertiary/aromatic N) is 2. The van der Waals surface area contributed by atoms with Gasteiger partial charge in [-0.1, -0.05) is 25.1 Å². The molecule has 23 heavy (non-hydrogen) atoms. The molecule has 2 N–H and O–H groups in total. The molecule has 0 saturated carbocycles. The largest absolute Gasteiger partial charge is 0.356 e. The van der Waals surface area contributed by atoms with Gasteiger partial charge in [0, 0.05) is 42.1 Å². The molecule has 0 aliphatic heterocycles. The molecule has 124 valence electrons. The second-order valence-electron chi connectivity index (χ2n) is 5.23. The van der Waals surface area contributed by atoms with Gasteiger partial charge in [0.05, 0.1) is 10.7 Å². The van der Waals surface area contributed by atoms with Crippen molar-refractivity contribution in [3.63, 3.8) is 0 Å². The van der Waals surface area contributed by atoms with Crippen LogP contribution in [0.2, 0.25) is 0 Å². The molecular formula is C17H24N4S2. The topological polar surface area (TPSA) is 49.3 Å². The van der Waals surface area contributed by atoms with E-state index in [9.17, 15) is 0 Å². The van der Waals surface area contributed by atoms with Gasteiger partial charge in [-0.25, -0.2) is 4.98 Å². The molecule has 1 unspecified atom stereocenters. The maximum Gasteiger partial charge on any atom is 0.191 e. The Morgan fingerprint density at radius 2 is 2.09 bits per heavy atom. The Kier molecular flexibility index (Phi) is 7.42. The molecule has 0 bridgehead atoms. The first-order valence-electron chi connectivity index (χ1n) is 7.74. The highest BCUT2D eigenvalue weighted by Crippen LogP contribution is 2.21. The van der Waals surface area contributed by atoms with E-state index in [4.69, 9.17) is 0 Å². The van der Waals surface area contributed by atoms with Crippen molar-refractivity contribution < 1.29 is 0 Å². The summed E-state index contributed by atoms with van der Waals surface area (Å²) < 4.78 is 0. The zero-order valence-electron chi connectivity index (χ0n) is 13.9. The fraction of sp³-hybridized carbons (Fsp3) is 0.412. The van der Waals surface area contributed by atoms with E-state index < -0.39 is 0 Å². The van der Waals surface area contributed by atoms with Gasteiger partial charge in [0.25, 0.3) is 0 Å². The molecule has 0 spiro atoms. The number of thiazole rings is 1. The van der Waals surface area contributed by atoms with E-state index in [0.29, 0.717) is 5.25 Å². The van der Waals surface area contributed by atoms with Gasteiger partial charge in [0.2, 0.25) is 0 Å². The molecule has 1 atom stereocenters. The molecule has 1 aromatic heterocycles. The standard InChI is InChI=1S/C17H24N4S2/c1-13(23-16-7-5-4-6-8-16)11-20-17(18-3)19-10-9-15-12-22-14(2)21-15/h4-8,12-13H,9-11H2,1-3H3,(H2,18,19,20). The number of hydrogen-bond donors (Lipinski definition) is 2. The minimum absolute atomic E-state index is 0.470. The number of guanidine groups is 1. The highest BCUT2D eigenvalue weighted by Gasteiger charge is 2.06. The first-order valence-corrected chi connectivity index (χ1v) is 9.50. The summed E-state index contributed by atoms with van der Waals surface area (Å²) in [6.07, 6.45) is 0.916. The maximum absolute atomic E-state index is 4.47.